The highest BCUT2D eigenvalue weighted by Crippen LogP contribution is 2.28. The van der Waals surface area contributed by atoms with Gasteiger partial charge in [0.15, 0.2) is 0 Å². The van der Waals surface area contributed by atoms with Crippen LogP contribution in [0.3, 0.4) is 0 Å². The van der Waals surface area contributed by atoms with Crippen molar-refractivity contribution in [1.82, 2.24) is 5.32 Å². The molecule has 2 fully saturated rings. The lowest BCUT2D eigenvalue weighted by Gasteiger charge is -2.33. The van der Waals surface area contributed by atoms with Gasteiger partial charge in [0.2, 0.25) is 0 Å². The molecule has 0 aromatic heterocycles. The summed E-state index contributed by atoms with van der Waals surface area (Å²) in [6.07, 6.45) is 7.24. The van der Waals surface area contributed by atoms with Crippen molar-refractivity contribution in [3.8, 4) is 0 Å². The van der Waals surface area contributed by atoms with Crippen LogP contribution in [0.4, 0.5) is 0 Å². The lowest BCUT2D eigenvalue weighted by Crippen LogP contribution is -2.42. The van der Waals surface area contributed by atoms with Gasteiger partial charge in [-0.25, -0.2) is 0 Å². The number of hydrogen-bond acceptors (Lipinski definition) is 2. The normalized spacial score (nSPS) is 35.8. The molecule has 0 aromatic carbocycles. The molecule has 1 N–H and O–H groups in total. The summed E-state index contributed by atoms with van der Waals surface area (Å²) in [6, 6.07) is 0.805. The minimum Gasteiger partial charge on any atom is -0.313 e. The fraction of sp³-hybridized carbons (Fsp3) is 1.00. The fourth-order valence-electron chi connectivity index (χ4n) is 2.21. The summed E-state index contributed by atoms with van der Waals surface area (Å²) in [5.41, 5.74) is 0. The lowest BCUT2D eigenvalue weighted by atomic mass is 9.85. The summed E-state index contributed by atoms with van der Waals surface area (Å²) in [5, 5.41) is 4.59. The highest BCUT2D eigenvalue weighted by Gasteiger charge is 2.23. The number of hydrogen-bond donors (Lipinski definition) is 1. The van der Waals surface area contributed by atoms with Crippen LogP contribution in [-0.2, 0) is 0 Å². The summed E-state index contributed by atoms with van der Waals surface area (Å²) in [4.78, 5) is 0. The Morgan fingerprint density at radius 3 is 2.69 bits per heavy atom. The van der Waals surface area contributed by atoms with Gasteiger partial charge in [-0.3, -0.25) is 0 Å². The third-order valence-corrected chi connectivity index (χ3v) is 4.88. The van der Waals surface area contributed by atoms with Crippen molar-refractivity contribution in [2.75, 3.05) is 12.3 Å². The molecule has 0 radical (unpaired) electrons. The summed E-state index contributed by atoms with van der Waals surface area (Å²) >= 11 is 2.14. The first kappa shape index (κ1) is 9.85. The van der Waals surface area contributed by atoms with E-state index >= 15 is 0 Å². The van der Waals surface area contributed by atoms with Crippen LogP contribution in [0, 0.1) is 5.92 Å². The Kier molecular flexibility index (Phi) is 3.56. The number of thioether (sulfide) groups is 1. The molecule has 1 aliphatic carbocycles. The summed E-state index contributed by atoms with van der Waals surface area (Å²) < 4.78 is 0. The Morgan fingerprint density at radius 2 is 2.08 bits per heavy atom. The molecule has 0 amide bonds. The maximum Gasteiger partial charge on any atom is 0.0184 e. The molecular weight excluding hydrogens is 178 g/mol. The van der Waals surface area contributed by atoms with Crippen molar-refractivity contribution in [2.24, 2.45) is 5.92 Å². The van der Waals surface area contributed by atoms with E-state index in [0.29, 0.717) is 0 Å². The van der Waals surface area contributed by atoms with Gasteiger partial charge in [-0.15, -0.1) is 0 Å². The zero-order chi connectivity index (χ0) is 9.10. The Hall–Kier alpha value is 0.310. The molecule has 1 nitrogen and oxygen atoms in total. The van der Waals surface area contributed by atoms with Crippen LogP contribution in [0.2, 0.25) is 0 Å². The van der Waals surface area contributed by atoms with E-state index in [1.165, 1.54) is 44.4 Å². The first-order valence-electron chi connectivity index (χ1n) is 5.71. The number of rotatable bonds is 3. The quantitative estimate of drug-likeness (QED) is 0.750. The average Bonchev–Trinajstić information content (AvgIpc) is 2.05. The molecule has 76 valence electrons. The van der Waals surface area contributed by atoms with Gasteiger partial charge in [0, 0.05) is 11.3 Å². The van der Waals surface area contributed by atoms with Crippen molar-refractivity contribution >= 4 is 11.8 Å². The monoisotopic (exact) mass is 199 g/mol. The van der Waals surface area contributed by atoms with Crippen LogP contribution in [0.5, 0.6) is 0 Å². The second-order valence-electron chi connectivity index (χ2n) is 4.53. The predicted molar refractivity (Wildman–Crippen MR) is 60.3 cm³/mol. The minimum atomic E-state index is 0.805. The van der Waals surface area contributed by atoms with Gasteiger partial charge in [0.05, 0.1) is 0 Å². The van der Waals surface area contributed by atoms with E-state index in [0.717, 1.165) is 17.2 Å². The van der Waals surface area contributed by atoms with E-state index in [-0.39, 0.29) is 0 Å². The van der Waals surface area contributed by atoms with Gasteiger partial charge in [0.1, 0.15) is 0 Å². The predicted octanol–water partition coefficient (Wildman–Crippen LogP) is 2.66. The highest BCUT2D eigenvalue weighted by molar-refractivity contribution is 7.99. The van der Waals surface area contributed by atoms with E-state index < -0.39 is 0 Å². The average molecular weight is 199 g/mol. The molecule has 1 aliphatic heterocycles. The van der Waals surface area contributed by atoms with Crippen molar-refractivity contribution in [3.05, 3.63) is 0 Å². The minimum absolute atomic E-state index is 0.805. The van der Waals surface area contributed by atoms with Crippen LogP contribution in [0.25, 0.3) is 0 Å². The van der Waals surface area contributed by atoms with Crippen molar-refractivity contribution in [1.29, 1.82) is 0 Å². The molecule has 13 heavy (non-hydrogen) atoms. The van der Waals surface area contributed by atoms with Crippen molar-refractivity contribution in [2.45, 2.75) is 50.3 Å². The smallest absolute Gasteiger partial charge is 0.0184 e. The van der Waals surface area contributed by atoms with Gasteiger partial charge < -0.3 is 5.32 Å². The zero-order valence-corrected chi connectivity index (χ0v) is 9.41. The van der Waals surface area contributed by atoms with Crippen LogP contribution < -0.4 is 5.32 Å². The molecule has 2 aliphatic rings. The standard InChI is InChI=1S/C11H21NS/c1-9-11(6-3-7-13-9)12-8-10-4-2-5-10/h9-12H,2-8H2,1H3. The molecule has 1 heterocycles. The topological polar surface area (TPSA) is 12.0 Å². The Morgan fingerprint density at radius 1 is 1.23 bits per heavy atom. The molecule has 0 bridgehead atoms. The largest absolute Gasteiger partial charge is 0.313 e. The van der Waals surface area contributed by atoms with Crippen LogP contribution in [0.15, 0.2) is 0 Å². The third kappa shape index (κ3) is 2.63. The zero-order valence-electron chi connectivity index (χ0n) is 8.59. The van der Waals surface area contributed by atoms with E-state index in [1.54, 1.807) is 0 Å². The van der Waals surface area contributed by atoms with Crippen LogP contribution in [-0.4, -0.2) is 23.6 Å². The van der Waals surface area contributed by atoms with Crippen LogP contribution >= 0.6 is 11.8 Å². The highest BCUT2D eigenvalue weighted by atomic mass is 32.2. The SMILES string of the molecule is CC1SCCCC1NCC1CCC1. The third-order valence-electron chi connectivity index (χ3n) is 3.50. The second kappa shape index (κ2) is 4.70. The van der Waals surface area contributed by atoms with E-state index in [4.69, 9.17) is 0 Å². The lowest BCUT2D eigenvalue weighted by molar-refractivity contribution is 0.283. The van der Waals surface area contributed by atoms with Gasteiger partial charge in [0.25, 0.3) is 0 Å². The van der Waals surface area contributed by atoms with Gasteiger partial charge >= 0.3 is 0 Å². The first-order chi connectivity index (χ1) is 6.36. The second-order valence-corrected chi connectivity index (χ2v) is 6.01. The Labute approximate surface area is 86.0 Å². The molecule has 2 heteroatoms. The molecular formula is C11H21NS. The Balaban J connectivity index is 1.66. The molecule has 2 atom stereocenters. The number of nitrogens with one attached hydrogen (secondary N) is 1. The molecule has 0 aromatic rings. The van der Waals surface area contributed by atoms with E-state index in [2.05, 4.69) is 24.0 Å². The van der Waals surface area contributed by atoms with E-state index in [1.807, 2.05) is 0 Å². The summed E-state index contributed by atoms with van der Waals surface area (Å²) in [5.74, 6) is 2.39. The van der Waals surface area contributed by atoms with Gasteiger partial charge in [-0.1, -0.05) is 13.3 Å². The van der Waals surface area contributed by atoms with E-state index in [9.17, 15) is 0 Å². The molecule has 2 unspecified atom stereocenters. The van der Waals surface area contributed by atoms with Crippen molar-refractivity contribution in [3.63, 3.8) is 0 Å². The summed E-state index contributed by atoms with van der Waals surface area (Å²) in [7, 11) is 0. The van der Waals surface area contributed by atoms with Crippen molar-refractivity contribution < 1.29 is 0 Å². The van der Waals surface area contributed by atoms with Gasteiger partial charge in [-0.2, -0.15) is 11.8 Å². The maximum atomic E-state index is 3.75. The maximum absolute atomic E-state index is 3.75. The van der Waals surface area contributed by atoms with Gasteiger partial charge in [-0.05, 0) is 43.9 Å². The molecule has 0 spiro atoms. The Bertz CT molecular complexity index is 156. The first-order valence-corrected chi connectivity index (χ1v) is 6.76. The van der Waals surface area contributed by atoms with Crippen LogP contribution in [0.1, 0.15) is 39.0 Å². The molecule has 2 rings (SSSR count). The molecule has 1 saturated carbocycles. The molecule has 1 saturated heterocycles. The summed E-state index contributed by atoms with van der Waals surface area (Å²) in [6.45, 7) is 3.66. The fourth-order valence-corrected chi connectivity index (χ4v) is 3.38.